The molecular formula is C13H16BrNO. The third kappa shape index (κ3) is 4.26. The van der Waals surface area contributed by atoms with Gasteiger partial charge in [-0.3, -0.25) is 0 Å². The van der Waals surface area contributed by atoms with Gasteiger partial charge in [-0.2, -0.15) is 0 Å². The van der Waals surface area contributed by atoms with Gasteiger partial charge in [0.05, 0.1) is 6.61 Å². The zero-order valence-electron chi connectivity index (χ0n) is 9.42. The van der Waals surface area contributed by atoms with Crippen molar-refractivity contribution in [2.24, 2.45) is 0 Å². The lowest BCUT2D eigenvalue weighted by Gasteiger charge is -2.11. The summed E-state index contributed by atoms with van der Waals surface area (Å²) in [5.74, 6) is 3.53. The predicted octanol–water partition coefficient (Wildman–Crippen LogP) is 2.96. The van der Waals surface area contributed by atoms with Gasteiger partial charge in [0.2, 0.25) is 0 Å². The van der Waals surface area contributed by atoms with Crippen molar-refractivity contribution in [1.82, 2.24) is 5.32 Å². The van der Waals surface area contributed by atoms with Crippen LogP contribution in [0, 0.1) is 12.3 Å². The maximum Gasteiger partial charge on any atom is 0.123 e. The van der Waals surface area contributed by atoms with E-state index in [-0.39, 0.29) is 0 Å². The van der Waals surface area contributed by atoms with E-state index in [1.54, 1.807) is 0 Å². The predicted molar refractivity (Wildman–Crippen MR) is 70.5 cm³/mol. The van der Waals surface area contributed by atoms with E-state index in [4.69, 9.17) is 11.2 Å². The van der Waals surface area contributed by atoms with Gasteiger partial charge in [0, 0.05) is 23.0 Å². The molecule has 1 rings (SSSR count). The lowest BCUT2D eigenvalue weighted by molar-refractivity contribution is 0.309. The SMILES string of the molecule is C#CCCCOc1ccc(Br)cc1CNC. The second-order valence-electron chi connectivity index (χ2n) is 3.44. The van der Waals surface area contributed by atoms with Crippen LogP contribution in [-0.4, -0.2) is 13.7 Å². The highest BCUT2D eigenvalue weighted by Crippen LogP contribution is 2.23. The molecule has 0 fully saturated rings. The molecule has 3 heteroatoms. The molecule has 2 nitrogen and oxygen atoms in total. The van der Waals surface area contributed by atoms with Crippen molar-refractivity contribution < 1.29 is 4.74 Å². The molecule has 0 aliphatic heterocycles. The molecular weight excluding hydrogens is 266 g/mol. The average molecular weight is 282 g/mol. The molecule has 0 bridgehead atoms. The molecule has 0 amide bonds. The minimum absolute atomic E-state index is 0.669. The van der Waals surface area contributed by atoms with E-state index in [0.29, 0.717) is 6.61 Å². The normalized spacial score (nSPS) is 9.81. The first kappa shape index (κ1) is 13.1. The van der Waals surface area contributed by atoms with Gasteiger partial charge < -0.3 is 10.1 Å². The van der Waals surface area contributed by atoms with E-state index in [1.807, 2.05) is 19.2 Å². The van der Waals surface area contributed by atoms with Gasteiger partial charge in [-0.25, -0.2) is 0 Å². The van der Waals surface area contributed by atoms with Crippen LogP contribution in [0.2, 0.25) is 0 Å². The van der Waals surface area contributed by atoms with Crippen molar-refractivity contribution in [3.05, 3.63) is 28.2 Å². The zero-order chi connectivity index (χ0) is 11.8. The smallest absolute Gasteiger partial charge is 0.123 e. The quantitative estimate of drug-likeness (QED) is 0.640. The molecule has 0 saturated carbocycles. The number of nitrogens with one attached hydrogen (secondary N) is 1. The van der Waals surface area contributed by atoms with E-state index in [1.165, 1.54) is 0 Å². The Bertz CT molecular complexity index is 371. The number of hydrogen-bond donors (Lipinski definition) is 1. The molecule has 86 valence electrons. The molecule has 0 aromatic heterocycles. The monoisotopic (exact) mass is 281 g/mol. The highest BCUT2D eigenvalue weighted by atomic mass is 79.9. The Balaban J connectivity index is 2.60. The van der Waals surface area contributed by atoms with Crippen molar-refractivity contribution in [2.45, 2.75) is 19.4 Å². The standard InChI is InChI=1S/C13H16BrNO/c1-3-4-5-8-16-13-7-6-12(14)9-11(13)10-15-2/h1,6-7,9,15H,4-5,8,10H2,2H3. The first-order chi connectivity index (χ1) is 7.77. The summed E-state index contributed by atoms with van der Waals surface area (Å²) in [6.45, 7) is 1.46. The molecule has 1 N–H and O–H groups in total. The molecule has 16 heavy (non-hydrogen) atoms. The summed E-state index contributed by atoms with van der Waals surface area (Å²) in [4.78, 5) is 0. The van der Waals surface area contributed by atoms with Crippen LogP contribution in [-0.2, 0) is 6.54 Å². The molecule has 0 radical (unpaired) electrons. The van der Waals surface area contributed by atoms with Gasteiger partial charge in [-0.15, -0.1) is 12.3 Å². The van der Waals surface area contributed by atoms with Crippen LogP contribution in [0.25, 0.3) is 0 Å². The summed E-state index contributed by atoms with van der Waals surface area (Å²) in [6, 6.07) is 6.02. The first-order valence-electron chi connectivity index (χ1n) is 5.27. The molecule has 1 aromatic carbocycles. The Hall–Kier alpha value is -0.980. The topological polar surface area (TPSA) is 21.3 Å². The van der Waals surface area contributed by atoms with Gasteiger partial charge in [0.25, 0.3) is 0 Å². The van der Waals surface area contributed by atoms with Crippen molar-refractivity contribution in [3.63, 3.8) is 0 Å². The van der Waals surface area contributed by atoms with E-state index in [0.717, 1.165) is 35.2 Å². The Labute approximate surface area is 106 Å². The number of hydrogen-bond acceptors (Lipinski definition) is 2. The summed E-state index contributed by atoms with van der Waals surface area (Å²) in [5.41, 5.74) is 1.15. The van der Waals surface area contributed by atoms with Crippen LogP contribution in [0.5, 0.6) is 5.75 Å². The highest BCUT2D eigenvalue weighted by molar-refractivity contribution is 9.10. The molecule has 0 saturated heterocycles. The number of ether oxygens (including phenoxy) is 1. The van der Waals surface area contributed by atoms with Crippen molar-refractivity contribution in [3.8, 4) is 18.1 Å². The summed E-state index contributed by atoms with van der Waals surface area (Å²) in [6.07, 6.45) is 6.84. The first-order valence-corrected chi connectivity index (χ1v) is 6.06. The molecule has 1 aromatic rings. The Morgan fingerprint density at radius 3 is 3.00 bits per heavy atom. The van der Waals surface area contributed by atoms with Gasteiger partial charge in [-0.1, -0.05) is 15.9 Å². The zero-order valence-corrected chi connectivity index (χ0v) is 11.0. The Morgan fingerprint density at radius 1 is 1.50 bits per heavy atom. The van der Waals surface area contributed by atoms with Crippen LogP contribution in [0.1, 0.15) is 18.4 Å². The molecule has 0 aliphatic rings. The molecule has 0 heterocycles. The minimum Gasteiger partial charge on any atom is -0.493 e. The van der Waals surface area contributed by atoms with E-state index in [9.17, 15) is 0 Å². The number of halogens is 1. The minimum atomic E-state index is 0.669. The summed E-state index contributed by atoms with van der Waals surface area (Å²) in [7, 11) is 1.92. The van der Waals surface area contributed by atoms with Crippen molar-refractivity contribution in [2.75, 3.05) is 13.7 Å². The fraction of sp³-hybridized carbons (Fsp3) is 0.385. The van der Waals surface area contributed by atoms with Gasteiger partial charge in [0.1, 0.15) is 5.75 Å². The van der Waals surface area contributed by atoms with E-state index >= 15 is 0 Å². The molecule has 0 spiro atoms. The van der Waals surface area contributed by atoms with Crippen LogP contribution in [0.3, 0.4) is 0 Å². The Kier molecular flexibility index (Phi) is 5.99. The fourth-order valence-electron chi connectivity index (χ4n) is 1.37. The number of benzene rings is 1. The molecule has 0 aliphatic carbocycles. The van der Waals surface area contributed by atoms with Crippen LogP contribution >= 0.6 is 15.9 Å². The highest BCUT2D eigenvalue weighted by Gasteiger charge is 2.03. The lowest BCUT2D eigenvalue weighted by Crippen LogP contribution is -2.08. The molecule has 0 unspecified atom stereocenters. The van der Waals surface area contributed by atoms with E-state index in [2.05, 4.69) is 33.2 Å². The largest absolute Gasteiger partial charge is 0.493 e. The van der Waals surface area contributed by atoms with Gasteiger partial charge in [-0.05, 0) is 31.7 Å². The Morgan fingerprint density at radius 2 is 2.31 bits per heavy atom. The lowest BCUT2D eigenvalue weighted by atomic mass is 10.2. The molecule has 0 atom stereocenters. The number of unbranched alkanes of at least 4 members (excludes halogenated alkanes) is 1. The summed E-state index contributed by atoms with van der Waals surface area (Å²) >= 11 is 3.45. The second kappa shape index (κ2) is 7.32. The fourth-order valence-corrected chi connectivity index (χ4v) is 1.78. The van der Waals surface area contributed by atoms with Crippen LogP contribution in [0.15, 0.2) is 22.7 Å². The number of rotatable bonds is 6. The maximum atomic E-state index is 5.69. The van der Waals surface area contributed by atoms with Gasteiger partial charge >= 0.3 is 0 Å². The van der Waals surface area contributed by atoms with Crippen molar-refractivity contribution >= 4 is 15.9 Å². The van der Waals surface area contributed by atoms with Crippen molar-refractivity contribution in [1.29, 1.82) is 0 Å². The number of terminal acetylenes is 1. The summed E-state index contributed by atoms with van der Waals surface area (Å²) < 4.78 is 6.75. The second-order valence-corrected chi connectivity index (χ2v) is 4.35. The third-order valence-electron chi connectivity index (χ3n) is 2.11. The summed E-state index contributed by atoms with van der Waals surface area (Å²) in [5, 5.41) is 3.12. The average Bonchev–Trinajstić information content (AvgIpc) is 2.27. The van der Waals surface area contributed by atoms with Gasteiger partial charge in [0.15, 0.2) is 0 Å². The van der Waals surface area contributed by atoms with Crippen LogP contribution in [0.4, 0.5) is 0 Å². The van der Waals surface area contributed by atoms with E-state index < -0.39 is 0 Å². The third-order valence-corrected chi connectivity index (χ3v) is 2.61. The van der Waals surface area contributed by atoms with Crippen LogP contribution < -0.4 is 10.1 Å². The maximum absolute atomic E-state index is 5.69.